The van der Waals surface area contributed by atoms with Crippen molar-refractivity contribution in [3.63, 3.8) is 0 Å². The Morgan fingerprint density at radius 1 is 1.32 bits per heavy atom. The normalized spacial score (nSPS) is 12.0. The highest BCUT2D eigenvalue weighted by atomic mass is 35.5. The first-order chi connectivity index (χ1) is 12.0. The molecule has 3 rings (SSSR count). The van der Waals surface area contributed by atoms with Gasteiger partial charge in [0.1, 0.15) is 0 Å². The van der Waals surface area contributed by atoms with Crippen LogP contribution in [-0.2, 0) is 19.3 Å². The van der Waals surface area contributed by atoms with Gasteiger partial charge in [-0.15, -0.1) is 0 Å². The van der Waals surface area contributed by atoms with Crippen LogP contribution in [0.4, 0.5) is 0 Å². The van der Waals surface area contributed by atoms with E-state index in [-0.39, 0.29) is 0 Å². The summed E-state index contributed by atoms with van der Waals surface area (Å²) in [4.78, 5) is 31.0. The summed E-state index contributed by atoms with van der Waals surface area (Å²) in [5, 5.41) is 1.29. The number of hydrogen-bond acceptors (Lipinski definition) is 4. The Bertz CT molecular complexity index is 1050. The molecule has 0 unspecified atom stereocenters. The van der Waals surface area contributed by atoms with Gasteiger partial charge in [-0.3, -0.25) is 14.3 Å². The number of benzene rings is 1. The van der Waals surface area contributed by atoms with E-state index in [9.17, 15) is 9.59 Å². The van der Waals surface area contributed by atoms with Gasteiger partial charge in [0, 0.05) is 24.4 Å². The largest absolute Gasteiger partial charge is 0.329 e. The third kappa shape index (κ3) is 3.72. The molecule has 3 aromatic rings. The van der Waals surface area contributed by atoms with Gasteiger partial charge in [0.05, 0.1) is 0 Å². The maximum absolute atomic E-state index is 12.3. The third-order valence-electron chi connectivity index (χ3n) is 3.74. The molecule has 0 aliphatic rings. The van der Waals surface area contributed by atoms with Crippen molar-refractivity contribution < 1.29 is 0 Å². The highest BCUT2D eigenvalue weighted by Gasteiger charge is 2.17. The number of aryl methyl sites for hydroxylation is 1. The van der Waals surface area contributed by atoms with Gasteiger partial charge in [0.15, 0.2) is 16.3 Å². The summed E-state index contributed by atoms with van der Waals surface area (Å²) >= 11 is 7.46. The second-order valence-electron chi connectivity index (χ2n) is 5.56. The first-order valence-electron chi connectivity index (χ1n) is 7.66. The van der Waals surface area contributed by atoms with E-state index < -0.39 is 11.2 Å². The lowest BCUT2D eigenvalue weighted by Gasteiger charge is -2.06. The highest BCUT2D eigenvalue weighted by molar-refractivity contribution is 7.98. The maximum Gasteiger partial charge on any atom is 0.329 e. The Morgan fingerprint density at radius 2 is 2.04 bits per heavy atom. The summed E-state index contributed by atoms with van der Waals surface area (Å²) in [6, 6.07) is 9.99. The SMILES string of the molecule is CC(Cl)=CCn1c(SCc2ccccc2)nc2c1c(=O)[nH]c(=O)n2C. The number of allylic oxidation sites excluding steroid dienone is 2. The van der Waals surface area contributed by atoms with Crippen molar-refractivity contribution in [3.8, 4) is 0 Å². The van der Waals surface area contributed by atoms with Crippen LogP contribution >= 0.6 is 23.4 Å². The zero-order valence-corrected chi connectivity index (χ0v) is 15.4. The number of fused-ring (bicyclic) bond motifs is 1. The number of nitrogens with one attached hydrogen (secondary N) is 1. The number of nitrogens with zero attached hydrogens (tertiary/aromatic N) is 3. The van der Waals surface area contributed by atoms with Crippen molar-refractivity contribution in [2.45, 2.75) is 24.4 Å². The molecule has 2 aromatic heterocycles. The number of aromatic nitrogens is 4. The standard InChI is InChI=1S/C17H17ClN4O2S/c1-11(18)8-9-22-13-14(21(2)16(24)20-15(13)23)19-17(22)25-10-12-6-4-3-5-7-12/h3-8H,9-10H2,1-2H3,(H,20,23,24). The monoisotopic (exact) mass is 376 g/mol. The van der Waals surface area contributed by atoms with Crippen LogP contribution in [0.25, 0.3) is 11.2 Å². The Hall–Kier alpha value is -2.25. The average Bonchev–Trinajstić information content (AvgIpc) is 2.96. The molecule has 1 aromatic carbocycles. The van der Waals surface area contributed by atoms with Crippen LogP contribution in [0.2, 0.25) is 0 Å². The van der Waals surface area contributed by atoms with Gasteiger partial charge in [0.2, 0.25) is 0 Å². The molecular formula is C17H17ClN4O2S. The van der Waals surface area contributed by atoms with Gasteiger partial charge in [-0.1, -0.05) is 59.8 Å². The second kappa shape index (κ2) is 7.33. The molecule has 8 heteroatoms. The molecule has 2 heterocycles. The smallest absolute Gasteiger partial charge is 0.309 e. The van der Waals surface area contributed by atoms with Crippen LogP contribution in [-0.4, -0.2) is 19.1 Å². The van der Waals surface area contributed by atoms with Crippen LogP contribution < -0.4 is 11.2 Å². The molecule has 0 bridgehead atoms. The molecule has 0 aliphatic heterocycles. The van der Waals surface area contributed by atoms with Crippen LogP contribution in [0.5, 0.6) is 0 Å². The van der Waals surface area contributed by atoms with Crippen molar-refractivity contribution in [1.29, 1.82) is 0 Å². The molecule has 25 heavy (non-hydrogen) atoms. The minimum absolute atomic E-state index is 0.366. The number of H-pyrrole nitrogens is 1. The van der Waals surface area contributed by atoms with Gasteiger partial charge in [-0.2, -0.15) is 0 Å². The average molecular weight is 377 g/mol. The summed E-state index contributed by atoms with van der Waals surface area (Å²) in [7, 11) is 1.59. The van der Waals surface area contributed by atoms with Crippen molar-refractivity contribution in [1.82, 2.24) is 19.1 Å². The van der Waals surface area contributed by atoms with Crippen LogP contribution in [0, 0.1) is 0 Å². The van der Waals surface area contributed by atoms with E-state index in [0.717, 1.165) is 5.56 Å². The van der Waals surface area contributed by atoms with Crippen LogP contribution in [0.3, 0.4) is 0 Å². The molecule has 0 amide bonds. The zero-order chi connectivity index (χ0) is 18.0. The van der Waals surface area contributed by atoms with E-state index in [2.05, 4.69) is 9.97 Å². The van der Waals surface area contributed by atoms with Gasteiger partial charge in [0.25, 0.3) is 5.56 Å². The minimum atomic E-state index is -0.481. The van der Waals surface area contributed by atoms with Crippen molar-refractivity contribution in [2.75, 3.05) is 0 Å². The van der Waals surface area contributed by atoms with E-state index in [1.807, 2.05) is 30.3 Å². The first-order valence-corrected chi connectivity index (χ1v) is 9.02. The fourth-order valence-electron chi connectivity index (χ4n) is 2.43. The lowest BCUT2D eigenvalue weighted by Crippen LogP contribution is -2.29. The lowest BCUT2D eigenvalue weighted by atomic mass is 10.2. The summed E-state index contributed by atoms with van der Waals surface area (Å²) in [5.74, 6) is 0.708. The number of thioether (sulfide) groups is 1. The first kappa shape index (κ1) is 17.6. The molecule has 1 N–H and O–H groups in total. The van der Waals surface area contributed by atoms with E-state index in [0.29, 0.717) is 33.7 Å². The Kier molecular flexibility index (Phi) is 5.15. The lowest BCUT2D eigenvalue weighted by molar-refractivity contribution is 0.742. The van der Waals surface area contributed by atoms with Gasteiger partial charge < -0.3 is 4.57 Å². The molecule has 6 nitrogen and oxygen atoms in total. The number of rotatable bonds is 5. The van der Waals surface area contributed by atoms with E-state index in [4.69, 9.17) is 11.6 Å². The van der Waals surface area contributed by atoms with Crippen molar-refractivity contribution in [2.24, 2.45) is 7.05 Å². The molecule has 0 spiro atoms. The van der Waals surface area contributed by atoms with Crippen molar-refractivity contribution >= 4 is 34.5 Å². The van der Waals surface area contributed by atoms with E-state index in [1.165, 1.54) is 16.3 Å². The number of aromatic amines is 1. The topological polar surface area (TPSA) is 72.7 Å². The summed E-state index contributed by atoms with van der Waals surface area (Å²) < 4.78 is 3.13. The quantitative estimate of drug-likeness (QED) is 0.695. The second-order valence-corrected chi connectivity index (χ2v) is 7.10. The molecule has 0 saturated carbocycles. The predicted octanol–water partition coefficient (Wildman–Crippen LogP) is 2.86. The fourth-order valence-corrected chi connectivity index (χ4v) is 3.46. The molecular weight excluding hydrogens is 360 g/mol. The van der Waals surface area contributed by atoms with Crippen LogP contribution in [0.1, 0.15) is 12.5 Å². The van der Waals surface area contributed by atoms with E-state index in [1.54, 1.807) is 24.6 Å². The van der Waals surface area contributed by atoms with Crippen molar-refractivity contribution in [3.05, 3.63) is 67.8 Å². The number of hydrogen-bond donors (Lipinski definition) is 1. The highest BCUT2D eigenvalue weighted by Crippen LogP contribution is 2.25. The Labute approximate surface area is 153 Å². The number of imidazole rings is 1. The third-order valence-corrected chi connectivity index (χ3v) is 4.94. The van der Waals surface area contributed by atoms with Crippen LogP contribution in [0.15, 0.2) is 56.2 Å². The van der Waals surface area contributed by atoms with E-state index >= 15 is 0 Å². The molecule has 0 radical (unpaired) electrons. The van der Waals surface area contributed by atoms with Gasteiger partial charge in [-0.05, 0) is 12.5 Å². The summed E-state index contributed by atoms with van der Waals surface area (Å²) in [6.45, 7) is 2.18. The minimum Gasteiger partial charge on any atom is -0.309 e. The Balaban J connectivity index is 2.09. The molecule has 0 atom stereocenters. The molecule has 0 aliphatic carbocycles. The van der Waals surface area contributed by atoms with Gasteiger partial charge in [-0.25, -0.2) is 9.78 Å². The summed E-state index contributed by atoms with van der Waals surface area (Å²) in [5.41, 5.74) is 0.957. The number of halogens is 1. The molecule has 0 fully saturated rings. The zero-order valence-electron chi connectivity index (χ0n) is 13.8. The van der Waals surface area contributed by atoms with Gasteiger partial charge >= 0.3 is 5.69 Å². The fraction of sp³-hybridized carbons (Fsp3) is 0.235. The maximum atomic E-state index is 12.3. The Morgan fingerprint density at radius 3 is 2.72 bits per heavy atom. The molecule has 0 saturated heterocycles. The predicted molar refractivity (Wildman–Crippen MR) is 101 cm³/mol. The summed E-state index contributed by atoms with van der Waals surface area (Å²) in [6.07, 6.45) is 1.81. The molecule has 130 valence electrons.